The zero-order chi connectivity index (χ0) is 37.3. The second-order valence-electron chi connectivity index (χ2n) is 13.7. The molecule has 0 aliphatic carbocycles. The van der Waals surface area contributed by atoms with Crippen molar-refractivity contribution in [2.24, 2.45) is 0 Å². The maximum absolute atomic E-state index is 17.2. The van der Waals surface area contributed by atoms with Crippen LogP contribution in [0.5, 0.6) is 6.01 Å². The van der Waals surface area contributed by atoms with Gasteiger partial charge in [0.05, 0.1) is 26.9 Å². The van der Waals surface area contributed by atoms with Crippen LogP contribution in [0.3, 0.4) is 0 Å². The van der Waals surface area contributed by atoms with Gasteiger partial charge >= 0.3 is 12.0 Å². The lowest BCUT2D eigenvalue weighted by atomic mass is 9.95. The van der Waals surface area contributed by atoms with Gasteiger partial charge < -0.3 is 20.3 Å². The summed E-state index contributed by atoms with van der Waals surface area (Å²) < 4.78 is 54.3. The fraction of sp³-hybridized carbons (Fsp3) is 0.429. The summed E-state index contributed by atoms with van der Waals surface area (Å²) in [5.41, 5.74) is 5.56. The first-order valence-electron chi connectivity index (χ1n) is 17.2. The summed E-state index contributed by atoms with van der Waals surface area (Å²) in [4.78, 5) is 32.5. The molecule has 3 saturated heterocycles. The van der Waals surface area contributed by atoms with E-state index in [0.717, 1.165) is 35.4 Å². The second kappa shape index (κ2) is 13.5. The number of hydrogen-bond acceptors (Lipinski definition) is 11. The summed E-state index contributed by atoms with van der Waals surface area (Å²) >= 11 is 13.7. The molecule has 0 spiro atoms. The molecule has 0 saturated carbocycles. The Morgan fingerprint density at radius 3 is 2.81 bits per heavy atom. The van der Waals surface area contributed by atoms with Crippen LogP contribution in [-0.4, -0.2) is 97.1 Å². The number of thiophene rings is 1. The summed E-state index contributed by atoms with van der Waals surface area (Å²) in [7, 11) is 0. The van der Waals surface area contributed by atoms with Crippen molar-refractivity contribution in [3.05, 3.63) is 52.0 Å². The van der Waals surface area contributed by atoms with Crippen molar-refractivity contribution < 1.29 is 22.7 Å². The standard InChI is InChI=1S/C35H33Cl2F3N10O2S/c1-3-48(34(51)50-16-43-32(37)46-50)24-7-10-49(17(24)2)31-20-11-22(36)26(19-5-6-23(39)29-25(19)21(13-41)30(42)53-29)27(40)28(20)44-33(45-31)52-15-35-8-4-9-47(35)14-18(38)12-35/h5-6,11,16-18,24H,3-4,7-10,12,14-15,42H2,1-2H3/t17-,18-,24?,35+/m1/s1. The lowest BCUT2D eigenvalue weighted by molar-refractivity contribution is 0.107. The molecule has 3 aromatic heterocycles. The Balaban J connectivity index is 1.25. The van der Waals surface area contributed by atoms with Crippen LogP contribution in [-0.2, 0) is 0 Å². The van der Waals surface area contributed by atoms with Gasteiger partial charge in [-0.1, -0.05) is 17.7 Å². The van der Waals surface area contributed by atoms with E-state index in [1.165, 1.54) is 18.5 Å². The Labute approximate surface area is 315 Å². The maximum Gasteiger partial charge on any atom is 0.346 e. The van der Waals surface area contributed by atoms with Crippen LogP contribution in [0.15, 0.2) is 24.5 Å². The number of ether oxygens (including phenoxy) is 1. The lowest BCUT2D eigenvalue weighted by Crippen LogP contribution is -2.48. The predicted octanol–water partition coefficient (Wildman–Crippen LogP) is 7.05. The molecule has 6 heterocycles. The largest absolute Gasteiger partial charge is 0.461 e. The molecule has 1 amide bonds. The third kappa shape index (κ3) is 5.79. The van der Waals surface area contributed by atoms with Crippen LogP contribution < -0.4 is 15.4 Å². The number of aromatic nitrogens is 5. The molecule has 53 heavy (non-hydrogen) atoms. The van der Waals surface area contributed by atoms with Crippen LogP contribution >= 0.6 is 34.5 Å². The average Bonchev–Trinajstić information content (AvgIpc) is 3.95. The Kier molecular flexibility index (Phi) is 9.03. The quantitative estimate of drug-likeness (QED) is 0.182. The summed E-state index contributed by atoms with van der Waals surface area (Å²) in [5.74, 6) is -1.10. The van der Waals surface area contributed by atoms with Crippen LogP contribution in [0.25, 0.3) is 32.1 Å². The fourth-order valence-corrected chi connectivity index (χ4v) is 9.83. The number of alkyl halides is 1. The number of amides is 1. The third-order valence-corrected chi connectivity index (χ3v) is 12.4. The highest BCUT2D eigenvalue weighted by Crippen LogP contribution is 2.47. The van der Waals surface area contributed by atoms with Gasteiger partial charge in [0.1, 0.15) is 47.3 Å². The molecule has 4 atom stereocenters. The zero-order valence-corrected chi connectivity index (χ0v) is 31.0. The first-order valence-corrected chi connectivity index (χ1v) is 18.8. The Hall–Kier alpha value is -4.43. The first kappa shape index (κ1) is 35.6. The van der Waals surface area contributed by atoms with Crippen molar-refractivity contribution in [3.63, 3.8) is 0 Å². The molecule has 0 bridgehead atoms. The number of nitriles is 1. The van der Waals surface area contributed by atoms with E-state index in [4.69, 9.17) is 38.7 Å². The molecular formula is C35H33Cl2F3N10O2S. The number of nitrogen functional groups attached to an aromatic ring is 1. The smallest absolute Gasteiger partial charge is 0.346 e. The van der Waals surface area contributed by atoms with E-state index in [2.05, 4.69) is 20.0 Å². The van der Waals surface area contributed by atoms with E-state index in [-0.39, 0.29) is 77.7 Å². The van der Waals surface area contributed by atoms with Crippen LogP contribution in [0, 0.1) is 23.0 Å². The van der Waals surface area contributed by atoms with E-state index in [1.54, 1.807) is 11.0 Å². The van der Waals surface area contributed by atoms with Gasteiger partial charge in [-0.15, -0.1) is 16.4 Å². The number of hydrogen-bond donors (Lipinski definition) is 1. The molecule has 1 unspecified atom stereocenters. The van der Waals surface area contributed by atoms with Crippen LogP contribution in [0.1, 0.15) is 45.1 Å². The Morgan fingerprint density at radius 1 is 1.26 bits per heavy atom. The number of halogens is 5. The van der Waals surface area contributed by atoms with E-state index in [0.29, 0.717) is 38.3 Å². The van der Waals surface area contributed by atoms with E-state index in [1.807, 2.05) is 24.8 Å². The first-order chi connectivity index (χ1) is 25.4. The van der Waals surface area contributed by atoms with Gasteiger partial charge in [-0.3, -0.25) is 4.90 Å². The topological polar surface area (TPSA) is 142 Å². The minimum Gasteiger partial charge on any atom is -0.461 e. The second-order valence-corrected chi connectivity index (χ2v) is 15.5. The number of fused-ring (bicyclic) bond motifs is 3. The number of carbonyl (C=O) groups excluding carboxylic acids is 1. The van der Waals surface area contributed by atoms with Crippen molar-refractivity contribution in [1.82, 2.24) is 34.5 Å². The number of nitrogens with zero attached hydrogens (tertiary/aromatic N) is 9. The maximum atomic E-state index is 17.2. The van der Waals surface area contributed by atoms with Crippen molar-refractivity contribution in [2.45, 2.75) is 63.3 Å². The highest BCUT2D eigenvalue weighted by Gasteiger charge is 2.49. The van der Waals surface area contributed by atoms with Gasteiger partial charge in [0.2, 0.25) is 5.28 Å². The van der Waals surface area contributed by atoms with Gasteiger partial charge in [0.15, 0.2) is 5.82 Å². The monoisotopic (exact) mass is 784 g/mol. The Bertz CT molecular complexity index is 2330. The lowest BCUT2D eigenvalue weighted by Gasteiger charge is -2.33. The van der Waals surface area contributed by atoms with Gasteiger partial charge in [0.25, 0.3) is 0 Å². The number of anilines is 2. The van der Waals surface area contributed by atoms with Crippen LogP contribution in [0.4, 0.5) is 28.8 Å². The van der Waals surface area contributed by atoms with Crippen molar-refractivity contribution in [3.8, 4) is 23.2 Å². The summed E-state index contributed by atoms with van der Waals surface area (Å²) in [6, 6.07) is 4.97. The van der Waals surface area contributed by atoms with E-state index >= 15 is 4.39 Å². The molecule has 3 fully saturated rings. The number of rotatable bonds is 7. The molecule has 3 aliphatic rings. The van der Waals surface area contributed by atoms with Crippen LogP contribution in [0.2, 0.25) is 10.3 Å². The van der Waals surface area contributed by atoms with Crippen molar-refractivity contribution in [1.29, 1.82) is 5.26 Å². The molecule has 8 rings (SSSR count). The minimum atomic E-state index is -0.980. The van der Waals surface area contributed by atoms with E-state index in [9.17, 15) is 18.8 Å². The molecule has 5 aromatic rings. The molecule has 18 heteroatoms. The summed E-state index contributed by atoms with van der Waals surface area (Å²) in [6.07, 6.45) is 2.78. The SMILES string of the molecule is CCN(C(=O)n1cnc(Cl)n1)C1CCN(c2nc(OC[C@@]34CCCN3C[C@H](F)C4)nc3c(F)c(-c4ccc(F)c5sc(N)c(C#N)c45)c(Cl)cc23)[C@@H]1C. The number of carbonyl (C=O) groups is 1. The highest BCUT2D eigenvalue weighted by molar-refractivity contribution is 7.23. The zero-order valence-electron chi connectivity index (χ0n) is 28.6. The number of benzene rings is 2. The fourth-order valence-electron chi connectivity index (χ4n) is 8.46. The van der Waals surface area contributed by atoms with Gasteiger partial charge in [0, 0.05) is 48.4 Å². The van der Waals surface area contributed by atoms with Crippen molar-refractivity contribution in [2.75, 3.05) is 43.4 Å². The van der Waals surface area contributed by atoms with Gasteiger partial charge in [-0.25, -0.2) is 22.9 Å². The molecule has 2 N–H and O–H groups in total. The average molecular weight is 786 g/mol. The minimum absolute atomic E-state index is 0.0192. The van der Waals surface area contributed by atoms with Gasteiger partial charge in [-0.2, -0.15) is 19.9 Å². The molecule has 3 aliphatic heterocycles. The molecule has 12 nitrogen and oxygen atoms in total. The highest BCUT2D eigenvalue weighted by atomic mass is 35.5. The summed E-state index contributed by atoms with van der Waals surface area (Å²) in [6.45, 7) is 5.78. The van der Waals surface area contributed by atoms with E-state index < -0.39 is 29.4 Å². The number of likely N-dealkylation sites (N-methyl/N-ethyl adjacent to an activating group) is 1. The number of nitrogens with two attached hydrogens (primary N) is 1. The van der Waals surface area contributed by atoms with Crippen molar-refractivity contribution >= 4 is 72.4 Å². The summed E-state index contributed by atoms with van der Waals surface area (Å²) in [5, 5.41) is 14.4. The normalized spacial score (nSPS) is 22.9. The molecule has 2 aromatic carbocycles. The molecular weight excluding hydrogens is 752 g/mol. The third-order valence-electron chi connectivity index (χ3n) is 10.9. The Morgan fingerprint density at radius 2 is 2.08 bits per heavy atom. The predicted molar refractivity (Wildman–Crippen MR) is 196 cm³/mol. The molecule has 276 valence electrons. The molecule has 0 radical (unpaired) electrons. The van der Waals surface area contributed by atoms with Gasteiger partial charge in [-0.05, 0) is 69.0 Å².